The molecule has 0 atom stereocenters. The molecule has 0 rings (SSSR count). The molecule has 0 aromatic carbocycles. The second kappa shape index (κ2) is 54.7. The first kappa shape index (κ1) is 52.3. The van der Waals surface area contributed by atoms with Gasteiger partial charge in [-0.2, -0.15) is 51.4 Å². The van der Waals surface area contributed by atoms with Crippen LogP contribution >= 0.6 is 0 Å². The van der Waals surface area contributed by atoms with Gasteiger partial charge in [0.05, 0.1) is 0 Å². The van der Waals surface area contributed by atoms with Gasteiger partial charge in [-0.25, -0.2) is 12.8 Å². The molecule has 2 radical (unpaired) electrons. The van der Waals surface area contributed by atoms with Crippen LogP contribution in [0.25, 0.3) is 0 Å². The molecular weight excluding hydrogens is 603 g/mol. The molecule has 0 amide bonds. The smallest absolute Gasteiger partial charge is 0.163 e. The summed E-state index contributed by atoms with van der Waals surface area (Å²) >= 11 is 0. The number of rotatable bonds is 24. The fraction of sp³-hybridized carbons (Fsp3) is 0.688. The molecule has 0 aromatic heterocycles. The molecule has 0 bridgehead atoms. The van der Waals surface area contributed by atoms with Crippen molar-refractivity contribution in [3.8, 4) is 0 Å². The van der Waals surface area contributed by atoms with Crippen LogP contribution in [0, 0.1) is 52.6 Å². The molecule has 6 nitrogen and oxygen atoms in total. The molecule has 0 spiro atoms. The van der Waals surface area contributed by atoms with Crippen LogP contribution in [-0.4, -0.2) is 22.2 Å². The van der Waals surface area contributed by atoms with Gasteiger partial charge in [0, 0.05) is 34.1 Å². The van der Waals surface area contributed by atoms with Crippen molar-refractivity contribution >= 4 is 11.9 Å². The van der Waals surface area contributed by atoms with E-state index in [2.05, 4.69) is 40.5 Å². The van der Waals surface area contributed by atoms with Crippen molar-refractivity contribution in [2.24, 2.45) is 11.5 Å². The second-order valence-electron chi connectivity index (χ2n) is 8.98. The molecule has 254 valence electrons. The number of nitrogens with two attached hydrogens (primary N) is 2. The SMILES string of the molecule is CCC[CH-]N.CCC[CH-]N.[CH2-]CCCCCC[CH-]CC[CH-]C(=O)O.[CH2-]CCCCCC[CH-]CC[CH-]C(=O)O.[Cu].[Cu]. The molecule has 6 N–H and O–H groups in total. The third kappa shape index (κ3) is 76.9. The van der Waals surface area contributed by atoms with E-state index in [9.17, 15) is 9.59 Å². The summed E-state index contributed by atoms with van der Waals surface area (Å²) in [7, 11) is 0. The van der Waals surface area contributed by atoms with Gasteiger partial charge in [-0.05, 0) is 0 Å². The monoisotopic (exact) mass is 664 g/mol. The Morgan fingerprint density at radius 2 is 0.875 bits per heavy atom. The van der Waals surface area contributed by atoms with Gasteiger partial charge in [0.25, 0.3) is 0 Å². The van der Waals surface area contributed by atoms with E-state index >= 15 is 0 Å². The van der Waals surface area contributed by atoms with Crippen molar-refractivity contribution in [2.75, 3.05) is 0 Å². The van der Waals surface area contributed by atoms with Crippen LogP contribution in [0.2, 0.25) is 0 Å². The van der Waals surface area contributed by atoms with Crippen molar-refractivity contribution in [1.29, 1.82) is 0 Å². The van der Waals surface area contributed by atoms with Gasteiger partial charge in [0.15, 0.2) is 11.9 Å². The number of unbranched alkanes of at least 4 members (excludes halogenated alkanes) is 18. The van der Waals surface area contributed by atoms with E-state index in [0.717, 1.165) is 64.2 Å². The summed E-state index contributed by atoms with van der Waals surface area (Å²) in [5.41, 5.74) is 10.0. The van der Waals surface area contributed by atoms with E-state index in [1.807, 2.05) is 0 Å². The fourth-order valence-corrected chi connectivity index (χ4v) is 2.91. The Morgan fingerprint density at radius 1 is 0.550 bits per heavy atom. The summed E-state index contributed by atoms with van der Waals surface area (Å²) in [5.74, 6) is -1.62. The van der Waals surface area contributed by atoms with Crippen molar-refractivity contribution in [1.82, 2.24) is 0 Å². The Morgan fingerprint density at radius 3 is 1.10 bits per heavy atom. The van der Waals surface area contributed by atoms with Crippen molar-refractivity contribution in [3.63, 3.8) is 0 Å². The summed E-state index contributed by atoms with van der Waals surface area (Å²) in [6.45, 7) is 15.1. The molecule has 8 heteroatoms. The first-order valence-corrected chi connectivity index (χ1v) is 14.8. The van der Waals surface area contributed by atoms with Gasteiger partial charge < -0.3 is 48.4 Å². The summed E-state index contributed by atoms with van der Waals surface area (Å²) in [6.07, 6.45) is 28.8. The first-order chi connectivity index (χ1) is 18.4. The minimum atomic E-state index is -0.811. The quantitative estimate of drug-likeness (QED) is 0.0464. The largest absolute Gasteiger partial charge is 0.503 e. The second-order valence-corrected chi connectivity index (χ2v) is 8.98. The van der Waals surface area contributed by atoms with E-state index < -0.39 is 11.9 Å². The number of hydrogen-bond donors (Lipinski definition) is 4. The number of carbonyl (C=O) groups is 2. The summed E-state index contributed by atoms with van der Waals surface area (Å²) in [4.78, 5) is 20.3. The van der Waals surface area contributed by atoms with Crippen molar-refractivity contribution in [3.05, 3.63) is 52.6 Å². The predicted octanol–water partition coefficient (Wildman–Crippen LogP) is 8.68. The van der Waals surface area contributed by atoms with E-state index in [4.69, 9.17) is 21.7 Å². The zero-order valence-corrected chi connectivity index (χ0v) is 27.4. The van der Waals surface area contributed by atoms with Gasteiger partial charge in [-0.3, -0.25) is 35.5 Å². The zero-order chi connectivity index (χ0) is 29.5. The van der Waals surface area contributed by atoms with Gasteiger partial charge >= 0.3 is 0 Å². The zero-order valence-electron chi connectivity index (χ0n) is 25.5. The van der Waals surface area contributed by atoms with Crippen molar-refractivity contribution < 1.29 is 53.9 Å². The Bertz CT molecular complexity index is 390. The van der Waals surface area contributed by atoms with Gasteiger partial charge in [-0.1, -0.05) is 78.1 Å². The van der Waals surface area contributed by atoms with Crippen LogP contribution in [0.5, 0.6) is 0 Å². The maximum Gasteiger partial charge on any atom is 0.163 e. The third-order valence-electron chi connectivity index (χ3n) is 5.11. The number of hydrogen-bond acceptors (Lipinski definition) is 4. The number of carboxylic acids is 2. The number of carboxylic acid groups (broad SMARTS) is 2. The molecule has 40 heavy (non-hydrogen) atoms. The predicted molar refractivity (Wildman–Crippen MR) is 164 cm³/mol. The van der Waals surface area contributed by atoms with Crippen LogP contribution in [0.4, 0.5) is 0 Å². The maximum atomic E-state index is 10.1. The third-order valence-corrected chi connectivity index (χ3v) is 5.11. The molecular formula is C32H62Cu2N2O4-8. The Labute approximate surface area is 271 Å². The average molecular weight is 666 g/mol. The number of aliphatic carboxylic acids is 2. The molecule has 0 aliphatic rings. The first-order valence-electron chi connectivity index (χ1n) is 14.8. The van der Waals surface area contributed by atoms with Crippen LogP contribution in [0.3, 0.4) is 0 Å². The minimum Gasteiger partial charge on any atom is -0.503 e. The van der Waals surface area contributed by atoms with Gasteiger partial charge in [-0.15, -0.1) is 0 Å². The summed E-state index contributed by atoms with van der Waals surface area (Å²) < 4.78 is 0. The normalized spacial score (nSPS) is 9.15. The van der Waals surface area contributed by atoms with E-state index in [1.54, 1.807) is 13.1 Å². The Kier molecular flexibility index (Phi) is 71.5. The Balaban J connectivity index is -0.000000104. The van der Waals surface area contributed by atoms with Crippen LogP contribution in [0.1, 0.15) is 142 Å². The average Bonchev–Trinajstić information content (AvgIpc) is 2.88. The molecule has 0 aliphatic carbocycles. The van der Waals surface area contributed by atoms with Crippen LogP contribution in [0.15, 0.2) is 0 Å². The molecule has 0 saturated heterocycles. The van der Waals surface area contributed by atoms with Gasteiger partial charge in [0.2, 0.25) is 0 Å². The van der Waals surface area contributed by atoms with E-state index in [0.29, 0.717) is 12.8 Å². The summed E-state index contributed by atoms with van der Waals surface area (Å²) in [6, 6.07) is 0. The molecule has 0 unspecified atom stereocenters. The molecule has 0 aliphatic heterocycles. The molecule has 0 saturated carbocycles. The van der Waals surface area contributed by atoms with Crippen LogP contribution in [-0.2, 0) is 43.7 Å². The van der Waals surface area contributed by atoms with E-state index in [1.165, 1.54) is 64.2 Å². The molecule has 0 heterocycles. The van der Waals surface area contributed by atoms with E-state index in [-0.39, 0.29) is 34.1 Å². The standard InChI is InChI=1S/2C12H21O2.2C4H10N.2Cu/c2*1-2-3-4-5-6-7-8-9-10-11-12(13)14;2*1-2-3-4-5;;/h2*8,11H,1-7,9-10H2,(H,13,14);2*4H,2-3,5H2,1H3;;/q2*-3;2*-1;;. The maximum absolute atomic E-state index is 10.1. The van der Waals surface area contributed by atoms with Gasteiger partial charge in [0.1, 0.15) is 0 Å². The van der Waals surface area contributed by atoms with Crippen LogP contribution < -0.4 is 11.5 Å². The molecule has 0 aromatic rings. The molecule has 0 fully saturated rings. The topological polar surface area (TPSA) is 127 Å². The Hall–Kier alpha value is -0.361. The van der Waals surface area contributed by atoms with Crippen molar-refractivity contribution in [2.45, 2.75) is 142 Å². The summed E-state index contributed by atoms with van der Waals surface area (Å²) in [5, 5.41) is 16.7. The fourth-order valence-electron chi connectivity index (χ4n) is 2.91. The minimum absolute atomic E-state index is 0.